The van der Waals surface area contributed by atoms with Gasteiger partial charge < -0.3 is 20.2 Å². The van der Waals surface area contributed by atoms with Gasteiger partial charge in [-0.25, -0.2) is 0 Å². The van der Waals surface area contributed by atoms with Crippen LogP contribution in [0.2, 0.25) is 0 Å². The fraction of sp³-hybridized carbons (Fsp3) is 0.500. The Morgan fingerprint density at radius 2 is 2.15 bits per heavy atom. The number of ether oxygens (including phenoxy) is 1. The van der Waals surface area contributed by atoms with Gasteiger partial charge in [0, 0.05) is 18.5 Å². The predicted molar refractivity (Wildman–Crippen MR) is 81.7 cm³/mol. The molecule has 1 aromatic heterocycles. The zero-order valence-corrected chi connectivity index (χ0v) is 12.3. The molecule has 0 spiro atoms. The minimum Gasteiger partial charge on any atom is -0.459 e. The second kappa shape index (κ2) is 7.43. The Hall–Kier alpha value is -1.36. The quantitative estimate of drug-likeness (QED) is 0.778. The summed E-state index contributed by atoms with van der Waals surface area (Å²) in [6, 6.07) is 10.6. The highest BCUT2D eigenvalue weighted by molar-refractivity contribution is 5.77. The van der Waals surface area contributed by atoms with Crippen LogP contribution in [0.25, 0.3) is 11.0 Å². The van der Waals surface area contributed by atoms with Crippen LogP contribution in [0.1, 0.15) is 31.6 Å². The molecule has 4 heteroatoms. The van der Waals surface area contributed by atoms with Crippen molar-refractivity contribution in [2.75, 3.05) is 20.3 Å². The van der Waals surface area contributed by atoms with Crippen LogP contribution in [0.4, 0.5) is 0 Å². The van der Waals surface area contributed by atoms with Gasteiger partial charge in [0.1, 0.15) is 11.3 Å². The molecule has 0 aliphatic carbocycles. The van der Waals surface area contributed by atoms with E-state index in [0.29, 0.717) is 19.2 Å². The second-order valence-electron chi connectivity index (χ2n) is 5.16. The molecular weight excluding hydrogens is 252 g/mol. The van der Waals surface area contributed by atoms with E-state index in [2.05, 4.69) is 24.4 Å². The van der Waals surface area contributed by atoms with Gasteiger partial charge >= 0.3 is 0 Å². The molecule has 1 aromatic carbocycles. The Kier molecular flexibility index (Phi) is 5.59. The molecule has 0 fully saturated rings. The van der Waals surface area contributed by atoms with E-state index in [-0.39, 0.29) is 6.04 Å². The SMILES string of the molecule is COCC(CCCN)NC(C)c1cc2ccccc2o1. The zero-order valence-electron chi connectivity index (χ0n) is 12.3. The molecule has 1 heterocycles. The summed E-state index contributed by atoms with van der Waals surface area (Å²) in [7, 11) is 1.73. The molecule has 2 aromatic rings. The van der Waals surface area contributed by atoms with Crippen LogP contribution in [0.3, 0.4) is 0 Å². The summed E-state index contributed by atoms with van der Waals surface area (Å²) < 4.78 is 11.1. The van der Waals surface area contributed by atoms with E-state index < -0.39 is 0 Å². The summed E-state index contributed by atoms with van der Waals surface area (Å²) in [5, 5.41) is 4.70. The lowest BCUT2D eigenvalue weighted by Crippen LogP contribution is -2.35. The minimum atomic E-state index is 0.153. The number of fused-ring (bicyclic) bond motifs is 1. The van der Waals surface area contributed by atoms with E-state index in [0.717, 1.165) is 29.6 Å². The van der Waals surface area contributed by atoms with Crippen molar-refractivity contribution in [1.82, 2.24) is 5.32 Å². The molecule has 0 saturated carbocycles. The maximum Gasteiger partial charge on any atom is 0.134 e. The third kappa shape index (κ3) is 3.82. The number of benzene rings is 1. The second-order valence-corrected chi connectivity index (χ2v) is 5.16. The smallest absolute Gasteiger partial charge is 0.134 e. The molecule has 0 aliphatic rings. The average molecular weight is 276 g/mol. The Balaban J connectivity index is 2.03. The van der Waals surface area contributed by atoms with E-state index in [1.165, 1.54) is 0 Å². The molecule has 4 nitrogen and oxygen atoms in total. The summed E-state index contributed by atoms with van der Waals surface area (Å²) in [6.45, 7) is 3.51. The van der Waals surface area contributed by atoms with Gasteiger partial charge in [0.15, 0.2) is 0 Å². The molecule has 0 bridgehead atoms. The number of rotatable bonds is 8. The molecule has 3 N–H and O–H groups in total. The van der Waals surface area contributed by atoms with E-state index in [9.17, 15) is 0 Å². The maximum atomic E-state index is 5.89. The third-order valence-electron chi connectivity index (χ3n) is 3.48. The van der Waals surface area contributed by atoms with Crippen LogP contribution in [-0.4, -0.2) is 26.3 Å². The Morgan fingerprint density at radius 1 is 1.35 bits per heavy atom. The summed E-state index contributed by atoms with van der Waals surface area (Å²) in [4.78, 5) is 0. The standard InChI is InChI=1S/C16H24N2O2/c1-12(18-14(11-19-2)7-5-9-17)16-10-13-6-3-4-8-15(13)20-16/h3-4,6,8,10,12,14,18H,5,7,9,11,17H2,1-2H3. The lowest BCUT2D eigenvalue weighted by Gasteiger charge is -2.21. The van der Waals surface area contributed by atoms with Crippen molar-refractivity contribution >= 4 is 11.0 Å². The molecule has 0 aliphatic heterocycles. The predicted octanol–water partition coefficient (Wildman–Crippen LogP) is 2.84. The highest BCUT2D eigenvalue weighted by Crippen LogP contribution is 2.24. The summed E-state index contributed by atoms with van der Waals surface area (Å²) >= 11 is 0. The van der Waals surface area contributed by atoms with Crippen molar-refractivity contribution in [2.45, 2.75) is 31.8 Å². The number of hydrogen-bond donors (Lipinski definition) is 2. The third-order valence-corrected chi connectivity index (χ3v) is 3.48. The topological polar surface area (TPSA) is 60.4 Å². The molecule has 0 radical (unpaired) electrons. The van der Waals surface area contributed by atoms with Gasteiger partial charge in [0.05, 0.1) is 12.6 Å². The number of hydrogen-bond acceptors (Lipinski definition) is 4. The van der Waals surface area contributed by atoms with E-state index >= 15 is 0 Å². The molecule has 2 unspecified atom stereocenters. The van der Waals surface area contributed by atoms with Gasteiger partial charge in [-0.2, -0.15) is 0 Å². The number of methoxy groups -OCH3 is 1. The first-order valence-electron chi connectivity index (χ1n) is 7.18. The molecule has 2 rings (SSSR count). The lowest BCUT2D eigenvalue weighted by molar-refractivity contribution is 0.155. The van der Waals surface area contributed by atoms with Crippen molar-refractivity contribution in [1.29, 1.82) is 0 Å². The molecular formula is C16H24N2O2. The van der Waals surface area contributed by atoms with Crippen molar-refractivity contribution in [2.24, 2.45) is 5.73 Å². The van der Waals surface area contributed by atoms with Crippen LogP contribution in [0.15, 0.2) is 34.7 Å². The monoisotopic (exact) mass is 276 g/mol. The van der Waals surface area contributed by atoms with Crippen LogP contribution in [0.5, 0.6) is 0 Å². The van der Waals surface area contributed by atoms with Gasteiger partial charge in [-0.3, -0.25) is 0 Å². The largest absolute Gasteiger partial charge is 0.459 e. The lowest BCUT2D eigenvalue weighted by atomic mass is 10.1. The fourth-order valence-corrected chi connectivity index (χ4v) is 2.43. The average Bonchev–Trinajstić information content (AvgIpc) is 2.89. The number of furan rings is 1. The number of nitrogens with one attached hydrogen (secondary N) is 1. The molecule has 0 saturated heterocycles. The molecule has 110 valence electrons. The van der Waals surface area contributed by atoms with Crippen LogP contribution >= 0.6 is 0 Å². The van der Waals surface area contributed by atoms with Gasteiger partial charge in [0.25, 0.3) is 0 Å². The maximum absolute atomic E-state index is 5.89. The summed E-state index contributed by atoms with van der Waals surface area (Å²) in [6.07, 6.45) is 2.00. The van der Waals surface area contributed by atoms with Crippen molar-refractivity contribution in [3.63, 3.8) is 0 Å². The summed E-state index contributed by atoms with van der Waals surface area (Å²) in [5.74, 6) is 0.958. The first-order valence-corrected chi connectivity index (χ1v) is 7.18. The minimum absolute atomic E-state index is 0.153. The highest BCUT2D eigenvalue weighted by atomic mass is 16.5. The van der Waals surface area contributed by atoms with Gasteiger partial charge in [-0.15, -0.1) is 0 Å². The number of nitrogens with two attached hydrogens (primary N) is 1. The summed E-state index contributed by atoms with van der Waals surface area (Å²) in [5.41, 5.74) is 6.51. The van der Waals surface area contributed by atoms with Gasteiger partial charge in [0.2, 0.25) is 0 Å². The normalized spacial score (nSPS) is 14.6. The Labute approximate surface area is 120 Å². The Bertz CT molecular complexity index is 491. The van der Waals surface area contributed by atoms with Gasteiger partial charge in [-0.05, 0) is 38.4 Å². The van der Waals surface area contributed by atoms with Crippen LogP contribution in [-0.2, 0) is 4.74 Å². The van der Waals surface area contributed by atoms with Crippen molar-refractivity contribution in [3.05, 3.63) is 36.1 Å². The molecule has 2 atom stereocenters. The van der Waals surface area contributed by atoms with Gasteiger partial charge in [-0.1, -0.05) is 18.2 Å². The van der Waals surface area contributed by atoms with E-state index in [4.69, 9.17) is 14.9 Å². The zero-order chi connectivity index (χ0) is 14.4. The number of para-hydroxylation sites is 1. The highest BCUT2D eigenvalue weighted by Gasteiger charge is 2.16. The molecule has 20 heavy (non-hydrogen) atoms. The van der Waals surface area contributed by atoms with Crippen LogP contribution in [0, 0.1) is 0 Å². The molecule has 0 amide bonds. The van der Waals surface area contributed by atoms with Crippen LogP contribution < -0.4 is 11.1 Å². The van der Waals surface area contributed by atoms with Crippen molar-refractivity contribution < 1.29 is 9.15 Å². The Morgan fingerprint density at radius 3 is 2.85 bits per heavy atom. The first kappa shape index (κ1) is 15.0. The fourth-order valence-electron chi connectivity index (χ4n) is 2.43. The van der Waals surface area contributed by atoms with E-state index in [1.807, 2.05) is 18.2 Å². The van der Waals surface area contributed by atoms with Crippen molar-refractivity contribution in [3.8, 4) is 0 Å². The van der Waals surface area contributed by atoms with E-state index in [1.54, 1.807) is 7.11 Å². The first-order chi connectivity index (χ1) is 9.74.